The fraction of sp³-hybridized carbons (Fsp3) is 0.857. The largest absolute Gasteiger partial charge is 0.469 e. The van der Waals surface area contributed by atoms with Crippen LogP contribution in [-0.4, -0.2) is 32.3 Å². The van der Waals surface area contributed by atoms with Gasteiger partial charge in [0.25, 0.3) is 0 Å². The molecule has 0 aliphatic carbocycles. The quantitative estimate of drug-likeness (QED) is 0.532. The number of nitrogens with one attached hydrogen (secondary N) is 1. The van der Waals surface area contributed by atoms with Crippen molar-refractivity contribution in [1.82, 2.24) is 5.32 Å². The van der Waals surface area contributed by atoms with Gasteiger partial charge in [-0.3, -0.25) is 4.79 Å². The Bertz CT molecular complexity index is 158. The zero-order valence-electron chi connectivity index (χ0n) is 7.28. The molecule has 0 saturated heterocycles. The molecule has 0 atom stereocenters. The van der Waals surface area contributed by atoms with Gasteiger partial charge in [0.2, 0.25) is 0 Å². The number of esters is 1. The van der Waals surface area contributed by atoms with Crippen LogP contribution in [0.2, 0.25) is 0 Å². The van der Waals surface area contributed by atoms with Crippen LogP contribution in [0, 0.1) is 0 Å². The summed E-state index contributed by atoms with van der Waals surface area (Å²) in [4.78, 5) is 10.5. The molecular weight excluding hydrogens is 187 g/mol. The number of carbonyl (C=O) groups is 1. The number of carbonyl (C=O) groups excluding carboxylic acids is 1. The predicted molar refractivity (Wildman–Crippen MR) is 40.2 cm³/mol. The van der Waals surface area contributed by atoms with Gasteiger partial charge < -0.3 is 10.1 Å². The summed E-state index contributed by atoms with van der Waals surface area (Å²) in [6.07, 6.45) is -3.70. The van der Waals surface area contributed by atoms with Crippen LogP contribution in [0.1, 0.15) is 12.8 Å². The third-order valence-corrected chi connectivity index (χ3v) is 1.29. The highest BCUT2D eigenvalue weighted by Crippen LogP contribution is 2.11. The Hall–Kier alpha value is -0.780. The number of rotatable bonds is 5. The highest BCUT2D eigenvalue weighted by molar-refractivity contribution is 5.68. The Morgan fingerprint density at radius 2 is 2.08 bits per heavy atom. The molecule has 6 heteroatoms. The van der Waals surface area contributed by atoms with E-state index in [1.165, 1.54) is 7.11 Å². The Labute approximate surface area is 74.3 Å². The lowest BCUT2D eigenvalue weighted by Gasteiger charge is -2.07. The first-order chi connectivity index (χ1) is 5.95. The van der Waals surface area contributed by atoms with E-state index in [4.69, 9.17) is 0 Å². The van der Waals surface area contributed by atoms with E-state index >= 15 is 0 Å². The molecule has 0 radical (unpaired) electrons. The van der Waals surface area contributed by atoms with Crippen LogP contribution in [0.15, 0.2) is 0 Å². The van der Waals surface area contributed by atoms with Crippen molar-refractivity contribution in [3.63, 3.8) is 0 Å². The molecule has 0 spiro atoms. The third kappa shape index (κ3) is 9.13. The first kappa shape index (κ1) is 12.2. The van der Waals surface area contributed by atoms with Gasteiger partial charge in [0.15, 0.2) is 0 Å². The van der Waals surface area contributed by atoms with Crippen molar-refractivity contribution in [2.45, 2.75) is 19.0 Å². The normalized spacial score (nSPS) is 11.4. The minimum absolute atomic E-state index is 0.140. The second-order valence-electron chi connectivity index (χ2n) is 2.47. The van der Waals surface area contributed by atoms with Crippen molar-refractivity contribution in [3.05, 3.63) is 0 Å². The summed E-state index contributed by atoms with van der Waals surface area (Å²) >= 11 is 0. The lowest BCUT2D eigenvalue weighted by Crippen LogP contribution is -2.29. The van der Waals surface area contributed by atoms with Crippen molar-refractivity contribution in [1.29, 1.82) is 0 Å². The molecule has 1 N–H and O–H groups in total. The van der Waals surface area contributed by atoms with Gasteiger partial charge in [-0.2, -0.15) is 13.2 Å². The van der Waals surface area contributed by atoms with Gasteiger partial charge in [-0.1, -0.05) is 0 Å². The molecule has 0 aromatic rings. The Morgan fingerprint density at radius 1 is 1.46 bits per heavy atom. The van der Waals surface area contributed by atoms with Crippen LogP contribution in [0.5, 0.6) is 0 Å². The molecule has 0 saturated carbocycles. The van der Waals surface area contributed by atoms with Crippen molar-refractivity contribution in [3.8, 4) is 0 Å². The van der Waals surface area contributed by atoms with E-state index in [1.807, 2.05) is 0 Å². The molecule has 0 unspecified atom stereocenters. The zero-order chi connectivity index (χ0) is 10.3. The summed E-state index contributed by atoms with van der Waals surface area (Å²) in [6.45, 7) is -0.858. The second kappa shape index (κ2) is 5.80. The smallest absolute Gasteiger partial charge is 0.401 e. The van der Waals surface area contributed by atoms with Gasteiger partial charge in [0.05, 0.1) is 13.7 Å². The number of hydrogen-bond donors (Lipinski definition) is 1. The van der Waals surface area contributed by atoms with Crippen LogP contribution in [-0.2, 0) is 9.53 Å². The molecule has 78 valence electrons. The van der Waals surface area contributed by atoms with Gasteiger partial charge in [-0.05, 0) is 13.0 Å². The zero-order valence-corrected chi connectivity index (χ0v) is 7.28. The molecule has 0 heterocycles. The SMILES string of the molecule is COC(=O)CCCNCC(F)(F)F. The van der Waals surface area contributed by atoms with E-state index < -0.39 is 18.7 Å². The number of ether oxygens (including phenoxy) is 1. The van der Waals surface area contributed by atoms with E-state index in [0.29, 0.717) is 6.42 Å². The van der Waals surface area contributed by atoms with Crippen LogP contribution in [0.3, 0.4) is 0 Å². The summed E-state index contributed by atoms with van der Waals surface area (Å²) in [7, 11) is 1.24. The van der Waals surface area contributed by atoms with Gasteiger partial charge in [0, 0.05) is 6.42 Å². The summed E-state index contributed by atoms with van der Waals surface area (Å²) < 4.78 is 39.0. The minimum Gasteiger partial charge on any atom is -0.469 e. The van der Waals surface area contributed by atoms with Crippen LogP contribution in [0.25, 0.3) is 0 Å². The number of halogens is 3. The molecule has 0 bridgehead atoms. The predicted octanol–water partition coefficient (Wildman–Crippen LogP) is 1.09. The Morgan fingerprint density at radius 3 is 2.54 bits per heavy atom. The molecule has 0 amide bonds. The van der Waals surface area contributed by atoms with Gasteiger partial charge >= 0.3 is 12.1 Å². The van der Waals surface area contributed by atoms with E-state index in [1.54, 1.807) is 0 Å². The monoisotopic (exact) mass is 199 g/mol. The number of alkyl halides is 3. The van der Waals surface area contributed by atoms with Crippen LogP contribution >= 0.6 is 0 Å². The molecule has 0 rings (SSSR count). The highest BCUT2D eigenvalue weighted by atomic mass is 19.4. The highest BCUT2D eigenvalue weighted by Gasteiger charge is 2.25. The molecule has 0 aromatic carbocycles. The van der Waals surface area contributed by atoms with E-state index in [-0.39, 0.29) is 13.0 Å². The van der Waals surface area contributed by atoms with Crippen molar-refractivity contribution in [2.75, 3.05) is 20.2 Å². The average molecular weight is 199 g/mol. The lowest BCUT2D eigenvalue weighted by atomic mass is 10.3. The second-order valence-corrected chi connectivity index (χ2v) is 2.47. The molecule has 0 aliphatic rings. The molecule has 13 heavy (non-hydrogen) atoms. The maximum Gasteiger partial charge on any atom is 0.401 e. The first-order valence-corrected chi connectivity index (χ1v) is 3.80. The third-order valence-electron chi connectivity index (χ3n) is 1.29. The molecule has 0 aliphatic heterocycles. The van der Waals surface area contributed by atoms with Crippen LogP contribution in [0.4, 0.5) is 13.2 Å². The standard InChI is InChI=1S/C7H12F3NO2/c1-13-6(12)3-2-4-11-5-7(8,9)10/h11H,2-5H2,1H3. The van der Waals surface area contributed by atoms with E-state index in [9.17, 15) is 18.0 Å². The Kier molecular flexibility index (Phi) is 5.45. The van der Waals surface area contributed by atoms with Crippen molar-refractivity contribution >= 4 is 5.97 Å². The van der Waals surface area contributed by atoms with Gasteiger partial charge in [-0.25, -0.2) is 0 Å². The average Bonchev–Trinajstić information content (AvgIpc) is 2.01. The van der Waals surface area contributed by atoms with Crippen molar-refractivity contribution < 1.29 is 22.7 Å². The fourth-order valence-corrected chi connectivity index (χ4v) is 0.690. The van der Waals surface area contributed by atoms with E-state index in [2.05, 4.69) is 10.1 Å². The maximum atomic E-state index is 11.6. The number of methoxy groups -OCH3 is 1. The molecule has 3 nitrogen and oxygen atoms in total. The molecule has 0 fully saturated rings. The minimum atomic E-state index is -4.19. The Balaban J connectivity index is 3.22. The van der Waals surface area contributed by atoms with E-state index in [0.717, 1.165) is 0 Å². The fourth-order valence-electron chi connectivity index (χ4n) is 0.690. The molecular formula is C7H12F3NO2. The van der Waals surface area contributed by atoms with Gasteiger partial charge in [0.1, 0.15) is 0 Å². The summed E-state index contributed by atoms with van der Waals surface area (Å²) in [5.41, 5.74) is 0. The summed E-state index contributed by atoms with van der Waals surface area (Å²) in [5, 5.41) is 2.17. The van der Waals surface area contributed by atoms with Crippen LogP contribution < -0.4 is 5.32 Å². The summed E-state index contributed by atoms with van der Waals surface area (Å²) in [6, 6.07) is 0. The van der Waals surface area contributed by atoms with Gasteiger partial charge in [-0.15, -0.1) is 0 Å². The molecule has 0 aromatic heterocycles. The van der Waals surface area contributed by atoms with Crippen molar-refractivity contribution in [2.24, 2.45) is 0 Å². The number of hydrogen-bond acceptors (Lipinski definition) is 3. The lowest BCUT2D eigenvalue weighted by molar-refractivity contribution is -0.140. The summed E-state index contributed by atoms with van der Waals surface area (Å²) in [5.74, 6) is -0.409. The first-order valence-electron chi connectivity index (χ1n) is 3.80. The topological polar surface area (TPSA) is 38.3 Å². The maximum absolute atomic E-state index is 11.6.